The van der Waals surface area contributed by atoms with Crippen molar-refractivity contribution in [3.63, 3.8) is 0 Å². The second-order valence-electron chi connectivity index (χ2n) is 5.02. The third kappa shape index (κ3) is 3.31. The van der Waals surface area contributed by atoms with Crippen LogP contribution in [0.3, 0.4) is 0 Å². The highest BCUT2D eigenvalue weighted by Crippen LogP contribution is 2.32. The summed E-state index contributed by atoms with van der Waals surface area (Å²) >= 11 is 12.1. The minimum absolute atomic E-state index is 0.0538. The number of methoxy groups -OCH3 is 1. The molecule has 0 spiro atoms. The molecule has 1 fully saturated rings. The first-order valence-corrected chi connectivity index (χ1v) is 7.41. The summed E-state index contributed by atoms with van der Waals surface area (Å²) in [5.41, 5.74) is 0.464. The van der Waals surface area contributed by atoms with E-state index >= 15 is 0 Å². The Hall–Kier alpha value is -0.570. The van der Waals surface area contributed by atoms with Gasteiger partial charge in [0, 0.05) is 12.7 Å². The van der Waals surface area contributed by atoms with E-state index in [2.05, 4.69) is 0 Å². The largest absolute Gasteiger partial charge is 0.373 e. The van der Waals surface area contributed by atoms with Gasteiger partial charge < -0.3 is 4.74 Å². The standard InChI is InChI=1S/C15H18Cl2O2/c1-19-15(10-6-3-2-4-7-10)14(18)11-8-5-9-12(16)13(11)17/h5,8-10,15H,2-4,6-7H2,1H3. The second-order valence-corrected chi connectivity index (χ2v) is 5.81. The van der Waals surface area contributed by atoms with Crippen LogP contribution in [0.25, 0.3) is 0 Å². The summed E-state index contributed by atoms with van der Waals surface area (Å²) in [5, 5.41) is 0.734. The van der Waals surface area contributed by atoms with E-state index in [9.17, 15) is 4.79 Å². The Morgan fingerprint density at radius 1 is 1.26 bits per heavy atom. The maximum atomic E-state index is 12.6. The summed E-state index contributed by atoms with van der Waals surface area (Å²) in [7, 11) is 1.59. The molecule has 1 unspecified atom stereocenters. The van der Waals surface area contributed by atoms with Crippen LogP contribution in [0.5, 0.6) is 0 Å². The average Bonchev–Trinajstić information content (AvgIpc) is 2.44. The molecule has 0 N–H and O–H groups in total. The molecule has 1 aromatic carbocycles. The first-order valence-electron chi connectivity index (χ1n) is 6.66. The van der Waals surface area contributed by atoms with E-state index in [1.165, 1.54) is 19.3 Å². The predicted octanol–water partition coefficient (Wildman–Crippen LogP) is 4.77. The molecule has 1 aliphatic rings. The number of carbonyl (C=O) groups is 1. The summed E-state index contributed by atoms with van der Waals surface area (Å²) < 4.78 is 5.45. The van der Waals surface area contributed by atoms with E-state index in [1.807, 2.05) is 0 Å². The number of hydrogen-bond donors (Lipinski definition) is 0. The monoisotopic (exact) mass is 300 g/mol. The van der Waals surface area contributed by atoms with Gasteiger partial charge in [0.05, 0.1) is 10.0 Å². The Morgan fingerprint density at radius 3 is 2.58 bits per heavy atom. The summed E-state index contributed by atoms with van der Waals surface area (Å²) in [6.45, 7) is 0. The zero-order valence-electron chi connectivity index (χ0n) is 11.0. The molecule has 0 aliphatic heterocycles. The minimum atomic E-state index is -0.406. The molecule has 0 radical (unpaired) electrons. The molecular weight excluding hydrogens is 283 g/mol. The van der Waals surface area contributed by atoms with E-state index in [0.29, 0.717) is 21.5 Å². The van der Waals surface area contributed by atoms with E-state index in [1.54, 1.807) is 25.3 Å². The summed E-state index contributed by atoms with van der Waals surface area (Å²) in [4.78, 5) is 12.6. The second kappa shape index (κ2) is 6.74. The Labute approximate surface area is 124 Å². The number of rotatable bonds is 4. The average molecular weight is 301 g/mol. The topological polar surface area (TPSA) is 26.3 Å². The third-order valence-electron chi connectivity index (χ3n) is 3.81. The van der Waals surface area contributed by atoms with Crippen molar-refractivity contribution in [3.05, 3.63) is 33.8 Å². The quantitative estimate of drug-likeness (QED) is 0.749. The molecule has 1 saturated carbocycles. The number of benzene rings is 1. The van der Waals surface area contributed by atoms with Crippen molar-refractivity contribution >= 4 is 29.0 Å². The van der Waals surface area contributed by atoms with Gasteiger partial charge in [0.1, 0.15) is 6.10 Å². The molecule has 1 atom stereocenters. The zero-order valence-corrected chi connectivity index (χ0v) is 12.5. The van der Waals surface area contributed by atoms with Gasteiger partial charge in [-0.25, -0.2) is 0 Å². The van der Waals surface area contributed by atoms with Gasteiger partial charge in [-0.05, 0) is 30.9 Å². The molecule has 4 heteroatoms. The fourth-order valence-electron chi connectivity index (χ4n) is 2.80. The normalized spacial score (nSPS) is 18.3. The van der Waals surface area contributed by atoms with Crippen LogP contribution in [0.1, 0.15) is 42.5 Å². The molecule has 2 rings (SSSR count). The molecule has 104 valence electrons. The fraction of sp³-hybridized carbons (Fsp3) is 0.533. The lowest BCUT2D eigenvalue weighted by Gasteiger charge is -2.28. The maximum Gasteiger partial charge on any atom is 0.193 e. The number of ketones is 1. The highest BCUT2D eigenvalue weighted by Gasteiger charge is 2.31. The molecule has 2 nitrogen and oxygen atoms in total. The van der Waals surface area contributed by atoms with E-state index in [4.69, 9.17) is 27.9 Å². The highest BCUT2D eigenvalue weighted by atomic mass is 35.5. The van der Waals surface area contributed by atoms with Crippen LogP contribution < -0.4 is 0 Å². The van der Waals surface area contributed by atoms with Gasteiger partial charge >= 0.3 is 0 Å². The summed E-state index contributed by atoms with van der Waals surface area (Å²) in [6, 6.07) is 5.14. The Morgan fingerprint density at radius 2 is 1.95 bits per heavy atom. The van der Waals surface area contributed by atoms with Crippen molar-refractivity contribution in [3.8, 4) is 0 Å². The third-order valence-corrected chi connectivity index (χ3v) is 4.63. The Kier molecular flexibility index (Phi) is 5.26. The lowest BCUT2D eigenvalue weighted by atomic mass is 9.82. The van der Waals surface area contributed by atoms with Crippen molar-refractivity contribution in [1.82, 2.24) is 0 Å². The zero-order chi connectivity index (χ0) is 13.8. The maximum absolute atomic E-state index is 12.6. The van der Waals surface area contributed by atoms with Gasteiger partial charge in [-0.1, -0.05) is 48.5 Å². The number of hydrogen-bond acceptors (Lipinski definition) is 2. The SMILES string of the molecule is COC(C(=O)c1cccc(Cl)c1Cl)C1CCCCC1. The van der Waals surface area contributed by atoms with Crippen LogP contribution in [0.15, 0.2) is 18.2 Å². The molecule has 0 bridgehead atoms. The van der Waals surface area contributed by atoms with Crippen LogP contribution in [0, 0.1) is 5.92 Å². The smallest absolute Gasteiger partial charge is 0.193 e. The predicted molar refractivity (Wildman–Crippen MR) is 78.2 cm³/mol. The first-order chi connectivity index (χ1) is 9.15. The van der Waals surface area contributed by atoms with E-state index in [-0.39, 0.29) is 5.78 Å². The molecular formula is C15H18Cl2O2. The summed E-state index contributed by atoms with van der Waals surface area (Å²) in [6.07, 6.45) is 5.27. The van der Waals surface area contributed by atoms with Crippen molar-refractivity contribution in [2.75, 3.05) is 7.11 Å². The van der Waals surface area contributed by atoms with Crippen molar-refractivity contribution in [2.45, 2.75) is 38.2 Å². The van der Waals surface area contributed by atoms with Gasteiger partial charge in [-0.15, -0.1) is 0 Å². The van der Waals surface area contributed by atoms with Crippen LogP contribution >= 0.6 is 23.2 Å². The van der Waals surface area contributed by atoms with E-state index in [0.717, 1.165) is 12.8 Å². The van der Waals surface area contributed by atoms with Crippen LogP contribution in [0.4, 0.5) is 0 Å². The van der Waals surface area contributed by atoms with Crippen molar-refractivity contribution in [2.24, 2.45) is 5.92 Å². The molecule has 0 heterocycles. The van der Waals surface area contributed by atoms with Crippen molar-refractivity contribution in [1.29, 1.82) is 0 Å². The Bertz CT molecular complexity index is 453. The first kappa shape index (κ1) is 14.8. The van der Waals surface area contributed by atoms with Gasteiger partial charge in [-0.2, -0.15) is 0 Å². The highest BCUT2D eigenvalue weighted by molar-refractivity contribution is 6.44. The fourth-order valence-corrected chi connectivity index (χ4v) is 3.19. The number of halogens is 2. The molecule has 1 aliphatic carbocycles. The van der Waals surface area contributed by atoms with Crippen LogP contribution in [-0.4, -0.2) is 19.0 Å². The van der Waals surface area contributed by atoms with Crippen LogP contribution in [-0.2, 0) is 4.74 Å². The number of carbonyl (C=O) groups excluding carboxylic acids is 1. The molecule has 0 saturated heterocycles. The van der Waals surface area contributed by atoms with Crippen LogP contribution in [0.2, 0.25) is 10.0 Å². The molecule has 1 aromatic rings. The van der Waals surface area contributed by atoms with Gasteiger partial charge in [0.2, 0.25) is 0 Å². The lowest BCUT2D eigenvalue weighted by molar-refractivity contribution is 0.0314. The number of ether oxygens (including phenoxy) is 1. The summed E-state index contributed by atoms with van der Waals surface area (Å²) in [5.74, 6) is 0.239. The number of Topliss-reactive ketones (excluding diaryl/α,β-unsaturated/α-hetero) is 1. The lowest BCUT2D eigenvalue weighted by Crippen LogP contribution is -2.33. The van der Waals surface area contributed by atoms with Gasteiger partial charge in [0.15, 0.2) is 5.78 Å². The Balaban J connectivity index is 2.22. The van der Waals surface area contributed by atoms with Crippen molar-refractivity contribution < 1.29 is 9.53 Å². The van der Waals surface area contributed by atoms with Gasteiger partial charge in [-0.3, -0.25) is 4.79 Å². The molecule has 19 heavy (non-hydrogen) atoms. The van der Waals surface area contributed by atoms with Gasteiger partial charge in [0.25, 0.3) is 0 Å². The molecule has 0 amide bonds. The minimum Gasteiger partial charge on any atom is -0.373 e. The van der Waals surface area contributed by atoms with E-state index < -0.39 is 6.10 Å². The molecule has 0 aromatic heterocycles.